The number of nitrogens with zero attached hydrogens (tertiary/aromatic N) is 3. The van der Waals surface area contributed by atoms with Crippen molar-refractivity contribution in [2.45, 2.75) is 49.8 Å². The fourth-order valence-corrected chi connectivity index (χ4v) is 3.63. The molecular weight excluding hydrogens is 324 g/mol. The second-order valence-electron chi connectivity index (χ2n) is 6.18. The van der Waals surface area contributed by atoms with Gasteiger partial charge in [0, 0.05) is 17.9 Å². The van der Waals surface area contributed by atoms with E-state index in [1.807, 2.05) is 17.0 Å². The molecular formula is C17H20N4O2S. The third kappa shape index (κ3) is 3.40. The molecule has 0 saturated heterocycles. The van der Waals surface area contributed by atoms with Gasteiger partial charge in [-0.3, -0.25) is 4.79 Å². The van der Waals surface area contributed by atoms with Crippen LogP contribution in [0.25, 0.3) is 11.6 Å². The Morgan fingerprint density at radius 2 is 2.29 bits per heavy atom. The number of aromatic amines is 1. The summed E-state index contributed by atoms with van der Waals surface area (Å²) in [5.74, 6) is 0.930. The average molecular weight is 344 g/mol. The van der Waals surface area contributed by atoms with Crippen molar-refractivity contribution in [2.75, 3.05) is 5.75 Å². The number of allylic oxidation sites excluding steroid dienone is 2. The van der Waals surface area contributed by atoms with Crippen molar-refractivity contribution in [2.24, 2.45) is 0 Å². The Kier molecular flexibility index (Phi) is 4.42. The van der Waals surface area contributed by atoms with Crippen molar-refractivity contribution in [3.63, 3.8) is 0 Å². The smallest absolute Gasteiger partial charge is 0.277 e. The molecule has 4 rings (SSSR count). The second kappa shape index (κ2) is 6.84. The van der Waals surface area contributed by atoms with Crippen molar-refractivity contribution in [1.82, 2.24) is 20.1 Å². The number of H-pyrrole nitrogens is 1. The first-order valence-corrected chi connectivity index (χ1v) is 9.41. The lowest BCUT2D eigenvalue weighted by Crippen LogP contribution is -2.34. The molecule has 24 heavy (non-hydrogen) atoms. The molecule has 0 unspecified atom stereocenters. The van der Waals surface area contributed by atoms with Gasteiger partial charge in [-0.25, -0.2) is 0 Å². The monoisotopic (exact) mass is 344 g/mol. The van der Waals surface area contributed by atoms with Crippen LogP contribution in [-0.4, -0.2) is 37.8 Å². The minimum Gasteiger partial charge on any atom is -0.410 e. The zero-order chi connectivity index (χ0) is 16.4. The van der Waals surface area contributed by atoms with Crippen LogP contribution in [0.5, 0.6) is 0 Å². The number of thioether (sulfide) groups is 1. The molecule has 1 N–H and O–H groups in total. The lowest BCUT2D eigenvalue weighted by atomic mass is 10.0. The van der Waals surface area contributed by atoms with Gasteiger partial charge in [-0.1, -0.05) is 17.8 Å². The van der Waals surface area contributed by atoms with Crippen molar-refractivity contribution >= 4 is 17.7 Å². The third-order valence-electron chi connectivity index (χ3n) is 4.31. The van der Waals surface area contributed by atoms with Crippen LogP contribution in [-0.2, 0) is 4.79 Å². The van der Waals surface area contributed by atoms with Gasteiger partial charge in [0.2, 0.25) is 5.91 Å². The molecule has 1 amide bonds. The SMILES string of the molecule is O=C(CSc1nnc(-c2ccc[nH]2)o1)N(C1=CCCCC1)C1CC1. The maximum atomic E-state index is 12.7. The highest BCUT2D eigenvalue weighted by molar-refractivity contribution is 7.99. The molecule has 6 nitrogen and oxygen atoms in total. The van der Waals surface area contributed by atoms with E-state index in [9.17, 15) is 4.79 Å². The minimum absolute atomic E-state index is 0.148. The Morgan fingerprint density at radius 3 is 3.00 bits per heavy atom. The van der Waals surface area contributed by atoms with Gasteiger partial charge in [0.05, 0.1) is 5.75 Å². The molecule has 0 radical (unpaired) electrons. The maximum absolute atomic E-state index is 12.7. The standard InChI is InChI=1S/C17H20N4O2S/c22-15(21(13-8-9-13)12-5-2-1-3-6-12)11-24-17-20-19-16(23-17)14-7-4-10-18-14/h4-5,7,10,13,18H,1-3,6,8-9,11H2. The van der Waals surface area contributed by atoms with E-state index in [0.717, 1.165) is 31.4 Å². The van der Waals surface area contributed by atoms with Crippen molar-refractivity contribution in [3.05, 3.63) is 30.1 Å². The molecule has 7 heteroatoms. The van der Waals surface area contributed by atoms with Crippen LogP contribution in [0.2, 0.25) is 0 Å². The van der Waals surface area contributed by atoms with Gasteiger partial charge in [0.25, 0.3) is 11.1 Å². The summed E-state index contributed by atoms with van der Waals surface area (Å²) in [4.78, 5) is 17.8. The van der Waals surface area contributed by atoms with E-state index in [-0.39, 0.29) is 5.91 Å². The third-order valence-corrected chi connectivity index (χ3v) is 5.11. The van der Waals surface area contributed by atoms with Crippen LogP contribution < -0.4 is 0 Å². The molecule has 0 atom stereocenters. The highest BCUT2D eigenvalue weighted by atomic mass is 32.2. The van der Waals surface area contributed by atoms with Crippen LogP contribution in [0.15, 0.2) is 39.7 Å². The lowest BCUT2D eigenvalue weighted by molar-refractivity contribution is -0.127. The number of nitrogens with one attached hydrogen (secondary N) is 1. The normalized spacial score (nSPS) is 17.6. The maximum Gasteiger partial charge on any atom is 0.277 e. The van der Waals surface area contributed by atoms with Crippen LogP contribution in [0.4, 0.5) is 0 Å². The van der Waals surface area contributed by atoms with Crippen LogP contribution in [0, 0.1) is 0 Å². The second-order valence-corrected chi connectivity index (χ2v) is 7.11. The molecule has 2 heterocycles. The highest BCUT2D eigenvalue weighted by Gasteiger charge is 2.35. The van der Waals surface area contributed by atoms with E-state index in [2.05, 4.69) is 21.3 Å². The van der Waals surface area contributed by atoms with E-state index in [1.165, 1.54) is 30.3 Å². The van der Waals surface area contributed by atoms with Crippen molar-refractivity contribution < 1.29 is 9.21 Å². The average Bonchev–Trinajstić information content (AvgIpc) is 3.11. The summed E-state index contributed by atoms with van der Waals surface area (Å²) in [6, 6.07) is 4.15. The number of amides is 1. The molecule has 2 aliphatic rings. The summed E-state index contributed by atoms with van der Waals surface area (Å²) in [6.07, 6.45) is 10.8. The molecule has 2 aromatic rings. The summed E-state index contributed by atoms with van der Waals surface area (Å²) in [5, 5.41) is 8.46. The highest BCUT2D eigenvalue weighted by Crippen LogP contribution is 2.34. The fourth-order valence-electron chi connectivity index (χ4n) is 3.00. The molecule has 0 spiro atoms. The first-order valence-electron chi connectivity index (χ1n) is 8.42. The summed E-state index contributed by atoms with van der Waals surface area (Å²) < 4.78 is 5.60. The first kappa shape index (κ1) is 15.5. The Hall–Kier alpha value is -2.02. The van der Waals surface area contributed by atoms with Gasteiger partial charge in [-0.15, -0.1) is 10.2 Å². The Labute approximate surface area is 144 Å². The number of rotatable bonds is 6. The summed E-state index contributed by atoms with van der Waals surface area (Å²) >= 11 is 1.31. The molecule has 2 aromatic heterocycles. The van der Waals surface area contributed by atoms with Gasteiger partial charge in [-0.2, -0.15) is 0 Å². The summed E-state index contributed by atoms with van der Waals surface area (Å²) in [6.45, 7) is 0. The van der Waals surface area contributed by atoms with Crippen LogP contribution in [0.1, 0.15) is 38.5 Å². The van der Waals surface area contributed by atoms with E-state index >= 15 is 0 Å². The predicted octanol–water partition coefficient (Wildman–Crippen LogP) is 3.61. The zero-order valence-corrected chi connectivity index (χ0v) is 14.2. The molecule has 1 fully saturated rings. The Morgan fingerprint density at radius 1 is 1.38 bits per heavy atom. The number of hydrogen-bond acceptors (Lipinski definition) is 5. The fraction of sp³-hybridized carbons (Fsp3) is 0.471. The van der Waals surface area contributed by atoms with E-state index in [1.54, 1.807) is 6.20 Å². The number of carbonyl (C=O) groups excluding carboxylic acids is 1. The van der Waals surface area contributed by atoms with Gasteiger partial charge in [0.1, 0.15) is 5.69 Å². The molecule has 2 aliphatic carbocycles. The summed E-state index contributed by atoms with van der Waals surface area (Å²) in [7, 11) is 0. The molecule has 0 bridgehead atoms. The number of carbonyl (C=O) groups is 1. The zero-order valence-electron chi connectivity index (χ0n) is 13.4. The number of aromatic nitrogens is 3. The van der Waals surface area contributed by atoms with Gasteiger partial charge in [-0.05, 0) is 50.7 Å². The van der Waals surface area contributed by atoms with Gasteiger partial charge >= 0.3 is 0 Å². The minimum atomic E-state index is 0.148. The largest absolute Gasteiger partial charge is 0.410 e. The van der Waals surface area contributed by atoms with Crippen LogP contribution in [0.3, 0.4) is 0 Å². The van der Waals surface area contributed by atoms with E-state index in [4.69, 9.17) is 4.42 Å². The Balaban J connectivity index is 1.39. The first-order chi connectivity index (χ1) is 11.8. The van der Waals surface area contributed by atoms with Crippen molar-refractivity contribution in [3.8, 4) is 11.6 Å². The van der Waals surface area contributed by atoms with Crippen LogP contribution >= 0.6 is 11.8 Å². The van der Waals surface area contributed by atoms with E-state index < -0.39 is 0 Å². The topological polar surface area (TPSA) is 75.0 Å². The van der Waals surface area contributed by atoms with Crippen molar-refractivity contribution in [1.29, 1.82) is 0 Å². The molecule has 1 saturated carbocycles. The molecule has 0 aliphatic heterocycles. The predicted molar refractivity (Wildman–Crippen MR) is 91.2 cm³/mol. The lowest BCUT2D eigenvalue weighted by Gasteiger charge is -2.27. The number of hydrogen-bond donors (Lipinski definition) is 1. The molecule has 0 aromatic carbocycles. The summed E-state index contributed by atoms with van der Waals surface area (Å²) in [5.41, 5.74) is 2.00. The molecule has 126 valence electrons. The quantitative estimate of drug-likeness (QED) is 0.810. The van der Waals surface area contributed by atoms with Gasteiger partial charge in [0.15, 0.2) is 0 Å². The van der Waals surface area contributed by atoms with Gasteiger partial charge < -0.3 is 14.3 Å². The Bertz CT molecular complexity index is 734. The van der Waals surface area contributed by atoms with E-state index in [0.29, 0.717) is 22.9 Å².